The Morgan fingerprint density at radius 3 is 2.45 bits per heavy atom. The third kappa shape index (κ3) is 4.32. The van der Waals surface area contributed by atoms with Crippen molar-refractivity contribution < 1.29 is 27.0 Å². The molecule has 9 nitrogen and oxygen atoms in total. The quantitative estimate of drug-likeness (QED) is 0.522. The van der Waals surface area contributed by atoms with Crippen LogP contribution in [0.15, 0.2) is 53.6 Å². The summed E-state index contributed by atoms with van der Waals surface area (Å²) in [4.78, 5) is 0.0553. The Balaban J connectivity index is 1.39. The summed E-state index contributed by atoms with van der Waals surface area (Å²) in [5.74, 6) is 0.863. The number of hydrogen-bond donors (Lipinski definition) is 0. The molecule has 0 N–H and O–H groups in total. The van der Waals surface area contributed by atoms with Crippen molar-refractivity contribution >= 4 is 10.0 Å². The second-order valence-electron chi connectivity index (χ2n) is 6.93. The van der Waals surface area contributed by atoms with Crippen molar-refractivity contribution in [2.75, 3.05) is 27.3 Å². The predicted octanol–water partition coefficient (Wildman–Crippen LogP) is 2.26. The van der Waals surface area contributed by atoms with E-state index in [1.165, 1.54) is 48.9 Å². The zero-order chi connectivity index (χ0) is 22.0. The summed E-state index contributed by atoms with van der Waals surface area (Å²) in [7, 11) is -0.856. The highest BCUT2D eigenvalue weighted by Crippen LogP contribution is 2.34. The number of benzene rings is 2. The minimum atomic E-state index is -3.75. The van der Waals surface area contributed by atoms with Crippen LogP contribution >= 0.6 is 0 Å². The molecule has 0 bridgehead atoms. The Morgan fingerprint density at radius 2 is 1.77 bits per heavy atom. The van der Waals surface area contributed by atoms with Gasteiger partial charge in [0, 0.05) is 19.2 Å². The van der Waals surface area contributed by atoms with Crippen LogP contribution in [0.1, 0.15) is 11.7 Å². The summed E-state index contributed by atoms with van der Waals surface area (Å²) >= 11 is 0. The Kier molecular flexibility index (Phi) is 5.79. The maximum absolute atomic E-state index is 13.0. The lowest BCUT2D eigenvalue weighted by molar-refractivity contribution is 0.188. The second kappa shape index (κ2) is 8.52. The average molecular weight is 448 g/mol. The number of hydrogen-bond acceptors (Lipinski definition) is 7. The first-order valence-electron chi connectivity index (χ1n) is 9.42. The molecular formula is C20H21FN4O5S. The number of methoxy groups -OCH3 is 2. The van der Waals surface area contributed by atoms with Crippen LogP contribution in [0.3, 0.4) is 0 Å². The highest BCUT2D eigenvalue weighted by Gasteiger charge is 2.39. The van der Waals surface area contributed by atoms with Gasteiger partial charge >= 0.3 is 0 Å². The molecule has 3 aromatic rings. The SMILES string of the molecule is COc1ccc(OC)c(S(=O)(=O)N2CC(n3cc(COc4ccc(F)cc4)nn3)C2)c1. The molecule has 0 saturated carbocycles. The first-order chi connectivity index (χ1) is 14.9. The number of halogens is 1. The van der Waals surface area contributed by atoms with Gasteiger partial charge in [0.1, 0.15) is 40.3 Å². The molecule has 164 valence electrons. The summed E-state index contributed by atoms with van der Waals surface area (Å²) in [5.41, 5.74) is 0.583. The second-order valence-corrected chi connectivity index (χ2v) is 8.83. The fraction of sp³-hybridized carbons (Fsp3) is 0.300. The van der Waals surface area contributed by atoms with E-state index in [9.17, 15) is 12.8 Å². The summed E-state index contributed by atoms with van der Waals surface area (Å²) in [6, 6.07) is 10.2. The highest BCUT2D eigenvalue weighted by molar-refractivity contribution is 7.89. The Bertz CT molecular complexity index is 1160. The normalized spacial score (nSPS) is 14.8. The maximum Gasteiger partial charge on any atom is 0.247 e. The fourth-order valence-corrected chi connectivity index (χ4v) is 4.84. The standard InChI is InChI=1S/C20H21FN4O5S/c1-28-18-7-8-19(29-2)20(9-18)31(26,27)24-11-16(12-24)25-10-15(22-23-25)13-30-17-5-3-14(21)4-6-17/h3-10,16H,11-13H2,1-2H3. The van der Waals surface area contributed by atoms with Crippen molar-refractivity contribution in [2.24, 2.45) is 0 Å². The lowest BCUT2D eigenvalue weighted by atomic mass is 10.2. The molecule has 1 aliphatic heterocycles. The molecule has 2 aromatic carbocycles. The van der Waals surface area contributed by atoms with Crippen molar-refractivity contribution in [2.45, 2.75) is 17.5 Å². The van der Waals surface area contributed by atoms with Crippen LogP contribution in [0.2, 0.25) is 0 Å². The number of aromatic nitrogens is 3. The summed E-state index contributed by atoms with van der Waals surface area (Å²) in [6.45, 7) is 0.677. The molecule has 0 unspecified atom stereocenters. The topological polar surface area (TPSA) is 95.8 Å². The molecule has 2 heterocycles. The van der Waals surface area contributed by atoms with Gasteiger partial charge in [0.15, 0.2) is 0 Å². The van der Waals surface area contributed by atoms with Crippen molar-refractivity contribution in [1.82, 2.24) is 19.3 Å². The Labute approximate surface area is 179 Å². The predicted molar refractivity (Wildman–Crippen MR) is 108 cm³/mol. The van der Waals surface area contributed by atoms with E-state index in [2.05, 4.69) is 10.3 Å². The highest BCUT2D eigenvalue weighted by atomic mass is 32.2. The fourth-order valence-electron chi connectivity index (χ4n) is 3.15. The van der Waals surface area contributed by atoms with Crippen molar-refractivity contribution in [1.29, 1.82) is 0 Å². The third-order valence-electron chi connectivity index (χ3n) is 4.95. The van der Waals surface area contributed by atoms with E-state index in [0.717, 1.165) is 0 Å². The monoisotopic (exact) mass is 448 g/mol. The van der Waals surface area contributed by atoms with Gasteiger partial charge in [-0.05, 0) is 36.4 Å². The molecule has 0 spiro atoms. The maximum atomic E-state index is 13.0. The van der Waals surface area contributed by atoms with E-state index in [-0.39, 0.29) is 42.2 Å². The zero-order valence-electron chi connectivity index (χ0n) is 16.9. The van der Waals surface area contributed by atoms with E-state index in [1.807, 2.05) is 0 Å². The number of ether oxygens (including phenoxy) is 3. The molecule has 1 aromatic heterocycles. The van der Waals surface area contributed by atoms with Crippen molar-refractivity contribution in [3.63, 3.8) is 0 Å². The van der Waals surface area contributed by atoms with Gasteiger partial charge in [0.05, 0.1) is 26.5 Å². The molecule has 1 fully saturated rings. The largest absolute Gasteiger partial charge is 0.497 e. The molecule has 0 amide bonds. The van der Waals surface area contributed by atoms with Crippen LogP contribution in [0.25, 0.3) is 0 Å². The molecule has 1 saturated heterocycles. The van der Waals surface area contributed by atoms with Crippen LogP contribution in [0, 0.1) is 5.82 Å². The van der Waals surface area contributed by atoms with E-state index >= 15 is 0 Å². The third-order valence-corrected chi connectivity index (χ3v) is 6.80. The van der Waals surface area contributed by atoms with E-state index in [1.54, 1.807) is 23.0 Å². The zero-order valence-corrected chi connectivity index (χ0v) is 17.8. The first-order valence-corrected chi connectivity index (χ1v) is 10.9. The van der Waals surface area contributed by atoms with Gasteiger partial charge in [-0.25, -0.2) is 17.5 Å². The Hall–Kier alpha value is -3.18. The van der Waals surface area contributed by atoms with Crippen molar-refractivity contribution in [3.8, 4) is 17.2 Å². The number of rotatable bonds is 8. The van der Waals surface area contributed by atoms with Gasteiger partial charge in [0.2, 0.25) is 10.0 Å². The van der Waals surface area contributed by atoms with Crippen molar-refractivity contribution in [3.05, 3.63) is 60.2 Å². The molecule has 0 radical (unpaired) electrons. The van der Waals surface area contributed by atoms with Crippen LogP contribution in [-0.4, -0.2) is 55.0 Å². The van der Waals surface area contributed by atoms with E-state index in [0.29, 0.717) is 17.2 Å². The van der Waals surface area contributed by atoms with Crippen LogP contribution in [-0.2, 0) is 16.6 Å². The van der Waals surface area contributed by atoms with Gasteiger partial charge in [-0.3, -0.25) is 0 Å². The smallest absolute Gasteiger partial charge is 0.247 e. The average Bonchev–Trinajstić information content (AvgIpc) is 3.20. The van der Waals surface area contributed by atoms with Crippen LogP contribution < -0.4 is 14.2 Å². The van der Waals surface area contributed by atoms with Gasteiger partial charge in [-0.2, -0.15) is 4.31 Å². The summed E-state index contributed by atoms with van der Waals surface area (Å²) in [5, 5.41) is 8.13. The van der Waals surface area contributed by atoms with Crippen LogP contribution in [0.4, 0.5) is 4.39 Å². The molecule has 0 atom stereocenters. The molecule has 31 heavy (non-hydrogen) atoms. The summed E-state index contributed by atoms with van der Waals surface area (Å²) in [6.07, 6.45) is 1.71. The van der Waals surface area contributed by atoms with Gasteiger partial charge < -0.3 is 14.2 Å². The van der Waals surface area contributed by atoms with E-state index < -0.39 is 10.0 Å². The molecule has 11 heteroatoms. The number of nitrogens with zero attached hydrogens (tertiary/aromatic N) is 4. The minimum absolute atomic E-state index is 0.0553. The lowest BCUT2D eigenvalue weighted by Crippen LogP contribution is -2.50. The molecule has 0 aliphatic carbocycles. The van der Waals surface area contributed by atoms with Gasteiger partial charge in [0.25, 0.3) is 0 Å². The van der Waals surface area contributed by atoms with Gasteiger partial charge in [-0.1, -0.05) is 5.21 Å². The van der Waals surface area contributed by atoms with Crippen LogP contribution in [0.5, 0.6) is 17.2 Å². The number of sulfonamides is 1. The van der Waals surface area contributed by atoms with E-state index in [4.69, 9.17) is 14.2 Å². The summed E-state index contributed by atoms with van der Waals surface area (Å²) < 4.78 is 57.9. The first kappa shape index (κ1) is 21.1. The molecule has 1 aliphatic rings. The Morgan fingerprint density at radius 1 is 1.06 bits per heavy atom. The molecule has 4 rings (SSSR count). The molecular weight excluding hydrogens is 427 g/mol. The lowest BCUT2D eigenvalue weighted by Gasteiger charge is -2.37. The minimum Gasteiger partial charge on any atom is -0.497 e. The van der Waals surface area contributed by atoms with Gasteiger partial charge in [-0.15, -0.1) is 5.10 Å².